The number of carbonyl (C=O) groups is 4. The number of aliphatic hydroxyl groups excluding tert-OH is 2. The number of fused-ring (bicyclic) bond motifs is 3. The lowest BCUT2D eigenvalue weighted by Crippen LogP contribution is -2.65. The molecule has 2 saturated carbocycles. The third kappa shape index (κ3) is 4.44. The molecule has 40 heavy (non-hydrogen) atoms. The average molecular weight is 637 g/mol. The zero-order valence-corrected chi connectivity index (χ0v) is 23.9. The fourth-order valence-electron chi connectivity index (χ4n) is 6.68. The van der Waals surface area contributed by atoms with Crippen LogP contribution in [0.25, 0.3) is 5.76 Å². The Morgan fingerprint density at radius 2 is 1.85 bits per heavy atom. The third-order valence-corrected chi connectivity index (χ3v) is 10.4. The van der Waals surface area contributed by atoms with Crippen molar-refractivity contribution in [1.29, 1.82) is 0 Å². The number of aromatic hydroxyl groups is 1. The van der Waals surface area contributed by atoms with Crippen LogP contribution in [-0.2, 0) is 23.9 Å². The molecule has 0 bridgehead atoms. The number of ether oxygens (including phenoxy) is 1. The van der Waals surface area contributed by atoms with Crippen molar-refractivity contribution >= 4 is 56.9 Å². The van der Waals surface area contributed by atoms with Crippen molar-refractivity contribution in [3.05, 3.63) is 46.2 Å². The maximum absolute atomic E-state index is 14.1. The minimum absolute atomic E-state index is 0.0113. The number of ketones is 2. The van der Waals surface area contributed by atoms with E-state index in [4.69, 9.17) is 10.5 Å². The van der Waals surface area contributed by atoms with Gasteiger partial charge in [-0.15, -0.1) is 0 Å². The molecule has 1 aromatic carbocycles. The molecule has 0 spiro atoms. The molecule has 1 amide bonds. The number of rotatable bonds is 7. The summed E-state index contributed by atoms with van der Waals surface area (Å²) in [6.45, 7) is 0. The molecule has 2 fully saturated rings. The van der Waals surface area contributed by atoms with Gasteiger partial charge in [-0.05, 0) is 24.5 Å². The summed E-state index contributed by atoms with van der Waals surface area (Å²) in [5, 5.41) is 45.7. The molecule has 5 rings (SSSR count). The lowest BCUT2D eigenvalue weighted by atomic mass is 9.55. The highest BCUT2D eigenvalue weighted by atomic mass is 79.9. The van der Waals surface area contributed by atoms with Crippen LogP contribution in [0.5, 0.6) is 5.75 Å². The Kier molecular flexibility index (Phi) is 7.79. The van der Waals surface area contributed by atoms with E-state index in [0.29, 0.717) is 16.6 Å². The number of Topliss-reactive ketones (excluding diaryl/α,β-unsaturated/α-hetero) is 2. The zero-order valence-electron chi connectivity index (χ0n) is 21.5. The van der Waals surface area contributed by atoms with E-state index in [2.05, 4.69) is 15.9 Å². The van der Waals surface area contributed by atoms with Crippen LogP contribution in [0, 0.1) is 11.8 Å². The van der Waals surface area contributed by atoms with Gasteiger partial charge in [0.15, 0.2) is 11.4 Å². The summed E-state index contributed by atoms with van der Waals surface area (Å²) in [6.07, 6.45) is 2.26. The van der Waals surface area contributed by atoms with Crippen LogP contribution in [0.2, 0.25) is 0 Å². The van der Waals surface area contributed by atoms with Crippen molar-refractivity contribution in [2.45, 2.75) is 61.4 Å². The van der Waals surface area contributed by atoms with Crippen LogP contribution < -0.4 is 5.73 Å². The minimum atomic E-state index is -2.87. The maximum Gasteiger partial charge on any atom is 0.306 e. The SMILES string of the molecule is NC(=O)C1=C(O)[C@@]2(O)C(=O)C3=C(O)c4c(O)cccc4[C@H](CSC4CCCC4)[C@H]3[C@H](OC(=O)CCBr)[C@H]2CC1=O. The largest absolute Gasteiger partial charge is 0.508 e. The number of hydrogen-bond acceptors (Lipinski definition) is 10. The molecule has 6 N–H and O–H groups in total. The summed E-state index contributed by atoms with van der Waals surface area (Å²) in [4.78, 5) is 52.0. The Hall–Kier alpha value is -2.83. The lowest BCUT2D eigenvalue weighted by Gasteiger charge is -2.52. The number of aliphatic hydroxyl groups is 3. The number of hydrogen-bond donors (Lipinski definition) is 5. The van der Waals surface area contributed by atoms with E-state index < -0.39 is 76.4 Å². The van der Waals surface area contributed by atoms with E-state index in [1.165, 1.54) is 6.07 Å². The molecule has 4 aliphatic rings. The molecule has 214 valence electrons. The van der Waals surface area contributed by atoms with E-state index >= 15 is 0 Å². The van der Waals surface area contributed by atoms with Gasteiger partial charge in [-0.25, -0.2) is 0 Å². The summed E-state index contributed by atoms with van der Waals surface area (Å²) >= 11 is 4.88. The molecule has 10 nitrogen and oxygen atoms in total. The van der Waals surface area contributed by atoms with Gasteiger partial charge in [0.1, 0.15) is 28.9 Å². The Morgan fingerprint density at radius 3 is 2.50 bits per heavy atom. The second kappa shape index (κ2) is 10.9. The van der Waals surface area contributed by atoms with E-state index in [0.717, 1.165) is 25.7 Å². The van der Waals surface area contributed by atoms with E-state index in [1.54, 1.807) is 23.9 Å². The van der Waals surface area contributed by atoms with Crippen LogP contribution in [0.1, 0.15) is 55.6 Å². The zero-order chi connectivity index (χ0) is 28.9. The first-order chi connectivity index (χ1) is 19.0. The number of benzene rings is 1. The van der Waals surface area contributed by atoms with Crippen LogP contribution in [0.3, 0.4) is 0 Å². The van der Waals surface area contributed by atoms with E-state index in [9.17, 15) is 39.6 Å². The van der Waals surface area contributed by atoms with Gasteiger partial charge in [0, 0.05) is 46.1 Å². The highest BCUT2D eigenvalue weighted by Gasteiger charge is 2.66. The summed E-state index contributed by atoms with van der Waals surface area (Å²) in [5.41, 5.74) is 1.73. The first-order valence-electron chi connectivity index (χ1n) is 13.2. The summed E-state index contributed by atoms with van der Waals surface area (Å²) < 4.78 is 5.87. The molecule has 0 heterocycles. The fraction of sp³-hybridized carbons (Fsp3) is 0.500. The molecule has 0 unspecified atom stereocenters. The van der Waals surface area contributed by atoms with Crippen LogP contribution in [0.4, 0.5) is 0 Å². The van der Waals surface area contributed by atoms with Crippen molar-refractivity contribution in [2.75, 3.05) is 11.1 Å². The monoisotopic (exact) mass is 635 g/mol. The number of phenolic OH excluding ortho intramolecular Hbond substituents is 1. The van der Waals surface area contributed by atoms with Gasteiger partial charge >= 0.3 is 5.97 Å². The Morgan fingerprint density at radius 1 is 1.15 bits per heavy atom. The molecular formula is C28H30BrNO9S. The summed E-state index contributed by atoms with van der Waals surface area (Å²) in [7, 11) is 0. The molecule has 1 aromatic rings. The Bertz CT molecular complexity index is 1350. The van der Waals surface area contributed by atoms with Crippen molar-refractivity contribution in [3.63, 3.8) is 0 Å². The Labute approximate surface area is 242 Å². The van der Waals surface area contributed by atoms with Crippen molar-refractivity contribution in [2.24, 2.45) is 17.6 Å². The van der Waals surface area contributed by atoms with Crippen molar-refractivity contribution in [3.8, 4) is 5.75 Å². The fourth-order valence-corrected chi connectivity index (χ4v) is 8.54. The van der Waals surface area contributed by atoms with Gasteiger partial charge in [0.05, 0.1) is 12.0 Å². The average Bonchev–Trinajstić information content (AvgIpc) is 3.41. The molecule has 0 aliphatic heterocycles. The molecule has 0 aromatic heterocycles. The number of nitrogens with two attached hydrogens (primary N) is 1. The molecule has 0 radical (unpaired) electrons. The number of phenols is 1. The van der Waals surface area contributed by atoms with Gasteiger partial charge in [0.25, 0.3) is 5.91 Å². The van der Waals surface area contributed by atoms with Crippen LogP contribution in [-0.4, -0.2) is 71.9 Å². The second-order valence-corrected chi connectivity index (χ2v) is 12.8. The molecule has 5 atom stereocenters. The summed E-state index contributed by atoms with van der Waals surface area (Å²) in [5.74, 6) is -8.75. The number of esters is 1. The highest BCUT2D eigenvalue weighted by Crippen LogP contribution is 2.57. The third-order valence-electron chi connectivity index (χ3n) is 8.52. The highest BCUT2D eigenvalue weighted by molar-refractivity contribution is 9.09. The summed E-state index contributed by atoms with van der Waals surface area (Å²) in [6, 6.07) is 4.70. The minimum Gasteiger partial charge on any atom is -0.508 e. The topological polar surface area (TPSA) is 184 Å². The number of alkyl halides is 1. The predicted octanol–water partition coefficient (Wildman–Crippen LogP) is 2.95. The van der Waals surface area contributed by atoms with E-state index in [-0.39, 0.29) is 28.6 Å². The molecule has 12 heteroatoms. The smallest absolute Gasteiger partial charge is 0.306 e. The van der Waals surface area contributed by atoms with Crippen LogP contribution >= 0.6 is 27.7 Å². The number of halogens is 1. The van der Waals surface area contributed by atoms with Gasteiger partial charge in [-0.1, -0.05) is 40.9 Å². The van der Waals surface area contributed by atoms with Gasteiger partial charge in [-0.2, -0.15) is 11.8 Å². The van der Waals surface area contributed by atoms with Crippen molar-refractivity contribution in [1.82, 2.24) is 0 Å². The van der Waals surface area contributed by atoms with Gasteiger partial charge in [0.2, 0.25) is 5.78 Å². The molecular weight excluding hydrogens is 606 g/mol. The van der Waals surface area contributed by atoms with Crippen molar-refractivity contribution < 1.29 is 44.3 Å². The Balaban J connectivity index is 1.73. The quantitative estimate of drug-likeness (QED) is 0.169. The predicted molar refractivity (Wildman–Crippen MR) is 149 cm³/mol. The van der Waals surface area contributed by atoms with E-state index in [1.807, 2.05) is 0 Å². The first kappa shape index (κ1) is 28.7. The lowest BCUT2D eigenvalue weighted by molar-refractivity contribution is -0.178. The van der Waals surface area contributed by atoms with Gasteiger partial charge in [-0.3, -0.25) is 19.2 Å². The van der Waals surface area contributed by atoms with Gasteiger partial charge < -0.3 is 30.9 Å². The maximum atomic E-state index is 14.1. The number of primary amides is 1. The first-order valence-corrected chi connectivity index (χ1v) is 15.4. The van der Waals surface area contributed by atoms with Crippen LogP contribution in [0.15, 0.2) is 35.1 Å². The normalized spacial score (nSPS) is 30.1. The number of carbonyl (C=O) groups excluding carboxylic acids is 4. The number of amides is 1. The number of thioether (sulfide) groups is 1. The molecule has 4 aliphatic carbocycles. The standard InChI is InChI=1S/C28H30BrNO9S/c29-9-8-18(33)39-24-15-10-17(32)21(27(30)37)25(35)28(15,38)26(36)22-20(24)14(11-40-12-4-1-2-5-12)13-6-3-7-16(31)19(13)23(22)34/h3,6-7,12,14-15,20,24,31,34-35,38H,1-2,4-5,8-11H2,(H2,30,37)/t14-,15+,20+,24+,28+/m0/s1. The molecule has 0 saturated heterocycles. The second-order valence-electron chi connectivity index (χ2n) is 10.7.